The maximum absolute atomic E-state index is 4.33. The number of hydrogen-bond donors (Lipinski definition) is 1. The van der Waals surface area contributed by atoms with Crippen molar-refractivity contribution in [3.05, 3.63) is 35.4 Å². The maximum atomic E-state index is 4.33. The fraction of sp³-hybridized carbons (Fsp3) is 0.538. The quantitative estimate of drug-likeness (QED) is 0.844. The molecule has 0 unspecified atom stereocenters. The van der Waals surface area contributed by atoms with Gasteiger partial charge in [-0.15, -0.1) is 0 Å². The molecule has 0 aromatic carbocycles. The molecule has 98 valence electrons. The highest BCUT2D eigenvalue weighted by molar-refractivity contribution is 5.15. The molecule has 0 atom stereocenters. The average molecular weight is 247 g/mol. The summed E-state index contributed by atoms with van der Waals surface area (Å²) in [7, 11) is 1.95. The van der Waals surface area contributed by atoms with Crippen LogP contribution in [-0.4, -0.2) is 19.6 Å². The molecule has 1 N–H and O–H groups in total. The van der Waals surface area contributed by atoms with Crippen LogP contribution >= 0.6 is 0 Å². The van der Waals surface area contributed by atoms with Crippen molar-refractivity contribution in [1.29, 1.82) is 0 Å². The summed E-state index contributed by atoms with van der Waals surface area (Å²) in [4.78, 5) is 0. The van der Waals surface area contributed by atoms with E-state index < -0.39 is 0 Å². The van der Waals surface area contributed by atoms with Crippen molar-refractivity contribution in [3.63, 3.8) is 0 Å². The molecule has 2 heterocycles. The first-order chi connectivity index (χ1) is 8.70. The lowest BCUT2D eigenvalue weighted by atomic mass is 10.2. The minimum absolute atomic E-state index is 0.842. The van der Waals surface area contributed by atoms with Gasteiger partial charge in [0, 0.05) is 44.6 Å². The molecule has 2 rings (SSSR count). The molecule has 0 aliphatic heterocycles. The SMILES string of the molecule is CCCn1nccc1CNCc1cn(C)nc1C. The molecule has 5 nitrogen and oxygen atoms in total. The molecular formula is C13H21N5. The zero-order chi connectivity index (χ0) is 13.0. The van der Waals surface area contributed by atoms with Crippen LogP contribution in [0.15, 0.2) is 18.5 Å². The van der Waals surface area contributed by atoms with Gasteiger partial charge >= 0.3 is 0 Å². The Hall–Kier alpha value is -1.62. The van der Waals surface area contributed by atoms with Crippen LogP contribution in [0.4, 0.5) is 0 Å². The highest BCUT2D eigenvalue weighted by Gasteiger charge is 2.04. The molecule has 18 heavy (non-hydrogen) atoms. The van der Waals surface area contributed by atoms with Crippen molar-refractivity contribution in [3.8, 4) is 0 Å². The molecule has 0 amide bonds. The first-order valence-corrected chi connectivity index (χ1v) is 6.41. The van der Waals surface area contributed by atoms with Crippen LogP contribution in [0.3, 0.4) is 0 Å². The van der Waals surface area contributed by atoms with E-state index in [0.717, 1.165) is 31.7 Å². The Kier molecular flexibility index (Phi) is 4.15. The summed E-state index contributed by atoms with van der Waals surface area (Å²) < 4.78 is 3.91. The lowest BCUT2D eigenvalue weighted by molar-refractivity contribution is 0.549. The standard InChI is InChI=1S/C13H21N5/c1-4-7-18-13(5-6-15-18)9-14-8-12-10-17(3)16-11(12)2/h5-6,10,14H,4,7-9H2,1-3H3. The number of nitrogens with zero attached hydrogens (tertiary/aromatic N) is 4. The van der Waals surface area contributed by atoms with E-state index >= 15 is 0 Å². The second-order valence-corrected chi connectivity index (χ2v) is 4.56. The molecule has 0 aliphatic rings. The van der Waals surface area contributed by atoms with Gasteiger partial charge in [0.05, 0.1) is 11.4 Å². The van der Waals surface area contributed by atoms with Crippen molar-refractivity contribution < 1.29 is 0 Å². The first-order valence-electron chi connectivity index (χ1n) is 6.41. The molecule has 0 radical (unpaired) electrons. The van der Waals surface area contributed by atoms with Gasteiger partial charge in [-0.1, -0.05) is 6.92 Å². The Morgan fingerprint density at radius 2 is 2.17 bits per heavy atom. The molecule has 2 aromatic heterocycles. The normalized spacial score (nSPS) is 11.1. The van der Waals surface area contributed by atoms with E-state index in [1.54, 1.807) is 0 Å². The summed E-state index contributed by atoms with van der Waals surface area (Å²) in [5.74, 6) is 0. The van der Waals surface area contributed by atoms with E-state index in [4.69, 9.17) is 0 Å². The predicted molar refractivity (Wildman–Crippen MR) is 71.0 cm³/mol. The van der Waals surface area contributed by atoms with Crippen LogP contribution in [0, 0.1) is 6.92 Å². The molecule has 2 aromatic rings. The molecule has 0 aliphatic carbocycles. The van der Waals surface area contributed by atoms with E-state index in [0.29, 0.717) is 0 Å². The molecule has 0 fully saturated rings. The lowest BCUT2D eigenvalue weighted by Gasteiger charge is -2.07. The topological polar surface area (TPSA) is 47.7 Å². The van der Waals surface area contributed by atoms with Crippen molar-refractivity contribution >= 4 is 0 Å². The van der Waals surface area contributed by atoms with E-state index in [9.17, 15) is 0 Å². The predicted octanol–water partition coefficient (Wildman–Crippen LogP) is 1.62. The molecule has 0 saturated heterocycles. The van der Waals surface area contributed by atoms with Crippen LogP contribution in [-0.2, 0) is 26.7 Å². The Bertz CT molecular complexity index is 497. The van der Waals surface area contributed by atoms with Gasteiger partial charge in [0.25, 0.3) is 0 Å². The van der Waals surface area contributed by atoms with Crippen LogP contribution < -0.4 is 5.32 Å². The van der Waals surface area contributed by atoms with Gasteiger partial charge in [0.1, 0.15) is 0 Å². The zero-order valence-corrected chi connectivity index (χ0v) is 11.3. The molecule has 0 bridgehead atoms. The Morgan fingerprint density at radius 1 is 1.33 bits per heavy atom. The van der Waals surface area contributed by atoms with Crippen LogP contribution in [0.25, 0.3) is 0 Å². The second kappa shape index (κ2) is 5.82. The highest BCUT2D eigenvalue weighted by atomic mass is 15.3. The smallest absolute Gasteiger partial charge is 0.0638 e. The zero-order valence-electron chi connectivity index (χ0n) is 11.3. The molecular weight excluding hydrogens is 226 g/mol. The van der Waals surface area contributed by atoms with Crippen molar-refractivity contribution in [1.82, 2.24) is 24.9 Å². The highest BCUT2D eigenvalue weighted by Crippen LogP contribution is 2.05. The van der Waals surface area contributed by atoms with Crippen molar-refractivity contribution in [2.24, 2.45) is 7.05 Å². The third-order valence-corrected chi connectivity index (χ3v) is 2.98. The third kappa shape index (κ3) is 2.98. The Morgan fingerprint density at radius 3 is 2.83 bits per heavy atom. The van der Waals surface area contributed by atoms with Crippen LogP contribution in [0.2, 0.25) is 0 Å². The number of aryl methyl sites for hydroxylation is 3. The number of aromatic nitrogens is 4. The fourth-order valence-corrected chi connectivity index (χ4v) is 2.07. The number of rotatable bonds is 6. The molecule has 0 spiro atoms. The average Bonchev–Trinajstić information content (AvgIpc) is 2.88. The van der Waals surface area contributed by atoms with Gasteiger partial charge in [-0.25, -0.2) is 0 Å². The summed E-state index contributed by atoms with van der Waals surface area (Å²) >= 11 is 0. The van der Waals surface area contributed by atoms with Gasteiger partial charge in [0.2, 0.25) is 0 Å². The summed E-state index contributed by atoms with van der Waals surface area (Å²) in [6.07, 6.45) is 5.03. The molecule has 0 saturated carbocycles. The largest absolute Gasteiger partial charge is 0.307 e. The number of hydrogen-bond acceptors (Lipinski definition) is 3. The van der Waals surface area contributed by atoms with Crippen LogP contribution in [0.5, 0.6) is 0 Å². The van der Waals surface area contributed by atoms with Gasteiger partial charge in [0.15, 0.2) is 0 Å². The van der Waals surface area contributed by atoms with E-state index in [1.807, 2.05) is 24.9 Å². The summed E-state index contributed by atoms with van der Waals surface area (Å²) in [5.41, 5.74) is 3.57. The van der Waals surface area contributed by atoms with E-state index in [1.165, 1.54) is 11.3 Å². The Labute approximate surface area is 108 Å². The molecule has 5 heteroatoms. The summed E-state index contributed by atoms with van der Waals surface area (Å²) in [6.45, 7) is 6.87. The second-order valence-electron chi connectivity index (χ2n) is 4.56. The monoisotopic (exact) mass is 247 g/mol. The number of nitrogens with one attached hydrogen (secondary N) is 1. The maximum Gasteiger partial charge on any atom is 0.0638 e. The van der Waals surface area contributed by atoms with E-state index in [2.05, 4.69) is 39.4 Å². The summed E-state index contributed by atoms with van der Waals surface area (Å²) in [5, 5.41) is 12.1. The first kappa shape index (κ1) is 12.8. The minimum Gasteiger partial charge on any atom is -0.307 e. The van der Waals surface area contributed by atoms with Crippen molar-refractivity contribution in [2.45, 2.75) is 39.9 Å². The van der Waals surface area contributed by atoms with Crippen molar-refractivity contribution in [2.75, 3.05) is 0 Å². The lowest BCUT2D eigenvalue weighted by Crippen LogP contribution is -2.16. The van der Waals surface area contributed by atoms with Gasteiger partial charge in [-0.05, 0) is 19.4 Å². The van der Waals surface area contributed by atoms with E-state index in [-0.39, 0.29) is 0 Å². The van der Waals surface area contributed by atoms with Gasteiger partial charge in [-0.2, -0.15) is 10.2 Å². The third-order valence-electron chi connectivity index (χ3n) is 2.98. The fourth-order valence-electron chi connectivity index (χ4n) is 2.07. The van der Waals surface area contributed by atoms with Gasteiger partial charge in [-0.3, -0.25) is 9.36 Å². The summed E-state index contributed by atoms with van der Waals surface area (Å²) in [6, 6.07) is 2.07. The van der Waals surface area contributed by atoms with Gasteiger partial charge < -0.3 is 5.32 Å². The Balaban J connectivity index is 1.88. The minimum atomic E-state index is 0.842. The van der Waals surface area contributed by atoms with Crippen LogP contribution in [0.1, 0.15) is 30.3 Å².